The van der Waals surface area contributed by atoms with Gasteiger partial charge in [0.2, 0.25) is 0 Å². The number of ether oxygens (including phenoxy) is 1. The largest absolute Gasteiger partial charge is 0.507 e. The molecule has 244 valence electrons. The SMILES string of the molecule is Cc1cccc2c(O)cc3c(c12)[C@H](CCl)CN3C(=O)c1ccc2nc(-c3ccc(CC(=O)c4cn(CCOCCO)nn4)cc3)[nH]c2c1. The molecule has 0 unspecified atom stereocenters. The summed E-state index contributed by atoms with van der Waals surface area (Å²) in [4.78, 5) is 36.5. The Morgan fingerprint density at radius 3 is 2.71 bits per heavy atom. The quantitative estimate of drug-likeness (QED) is 0.0947. The molecule has 4 aromatic carbocycles. The summed E-state index contributed by atoms with van der Waals surface area (Å²) in [6.45, 7) is 3.43. The number of hydrogen-bond acceptors (Lipinski definition) is 8. The van der Waals surface area contributed by atoms with E-state index < -0.39 is 0 Å². The van der Waals surface area contributed by atoms with E-state index in [2.05, 4.69) is 15.3 Å². The van der Waals surface area contributed by atoms with E-state index in [0.29, 0.717) is 53.7 Å². The normalized spacial score (nSPS) is 14.2. The molecule has 6 aromatic rings. The number of aromatic amines is 1. The van der Waals surface area contributed by atoms with Crippen molar-refractivity contribution in [2.24, 2.45) is 0 Å². The Morgan fingerprint density at radius 2 is 1.92 bits per heavy atom. The number of alkyl halides is 1. The Kier molecular flexibility index (Phi) is 8.65. The monoisotopic (exact) mass is 664 g/mol. The molecule has 48 heavy (non-hydrogen) atoms. The topological polar surface area (TPSA) is 146 Å². The fourth-order valence-corrected chi connectivity index (χ4v) is 6.62. The number of phenolic OH excluding ortho intramolecular Hbond substituents is 1. The molecule has 0 aliphatic carbocycles. The van der Waals surface area contributed by atoms with E-state index in [9.17, 15) is 14.7 Å². The standard InChI is InChI=1S/C36H33ClN6O5/c1-21-3-2-4-26-31(45)17-30-34(33(21)26)25(18-37)19-43(30)36(47)24-9-10-27-28(16-24)39-35(38-27)23-7-5-22(6-8-23)15-32(46)29-20-42(41-40-29)11-13-48-14-12-44/h2-10,16-17,20,25,44-45H,11-15,18-19H2,1H3,(H,38,39)/t25-/m1/s1. The summed E-state index contributed by atoms with van der Waals surface area (Å²) >= 11 is 6.42. The number of hydrogen-bond donors (Lipinski definition) is 3. The van der Waals surface area contributed by atoms with Crippen molar-refractivity contribution in [3.63, 3.8) is 0 Å². The van der Waals surface area contributed by atoms with Crippen LogP contribution >= 0.6 is 11.6 Å². The molecule has 0 spiro atoms. The number of benzene rings is 4. The zero-order valence-corrected chi connectivity index (χ0v) is 26.9. The van der Waals surface area contributed by atoms with Gasteiger partial charge < -0.3 is 24.8 Å². The van der Waals surface area contributed by atoms with Crippen molar-refractivity contribution >= 4 is 50.8 Å². The van der Waals surface area contributed by atoms with Crippen LogP contribution in [-0.2, 0) is 17.7 Å². The summed E-state index contributed by atoms with van der Waals surface area (Å²) in [5.74, 6) is 0.729. The number of aliphatic hydroxyl groups is 1. The van der Waals surface area contributed by atoms with Gasteiger partial charge in [-0.2, -0.15) is 0 Å². The highest BCUT2D eigenvalue weighted by Gasteiger charge is 2.35. The third-order valence-corrected chi connectivity index (χ3v) is 9.12. The number of carbonyl (C=O) groups is 2. The molecule has 2 aromatic heterocycles. The number of Topliss-reactive ketones (excluding diaryl/α,β-unsaturated/α-hetero) is 1. The predicted molar refractivity (Wildman–Crippen MR) is 183 cm³/mol. The summed E-state index contributed by atoms with van der Waals surface area (Å²) in [5.41, 5.74) is 6.55. The van der Waals surface area contributed by atoms with Crippen LogP contribution in [0.5, 0.6) is 5.75 Å². The number of imidazole rings is 1. The highest BCUT2D eigenvalue weighted by atomic mass is 35.5. The number of phenols is 1. The summed E-state index contributed by atoms with van der Waals surface area (Å²) in [6.07, 6.45) is 1.76. The number of H-pyrrole nitrogens is 1. The van der Waals surface area contributed by atoms with Gasteiger partial charge in [0.1, 0.15) is 17.3 Å². The third kappa shape index (κ3) is 5.92. The van der Waals surface area contributed by atoms with Gasteiger partial charge in [-0.1, -0.05) is 47.7 Å². The van der Waals surface area contributed by atoms with Crippen LogP contribution in [0.3, 0.4) is 0 Å². The number of aryl methyl sites for hydroxylation is 1. The molecule has 0 fully saturated rings. The van der Waals surface area contributed by atoms with E-state index >= 15 is 0 Å². The maximum atomic E-state index is 13.9. The van der Waals surface area contributed by atoms with Gasteiger partial charge in [0.05, 0.1) is 49.3 Å². The molecule has 1 aliphatic rings. The zero-order valence-electron chi connectivity index (χ0n) is 26.2. The first-order valence-electron chi connectivity index (χ1n) is 15.7. The number of aromatic nitrogens is 5. The lowest BCUT2D eigenvalue weighted by Gasteiger charge is -2.19. The molecule has 3 N–H and O–H groups in total. The second kappa shape index (κ2) is 13.2. The third-order valence-electron chi connectivity index (χ3n) is 8.75. The molecule has 12 heteroatoms. The second-order valence-electron chi connectivity index (χ2n) is 11.9. The highest BCUT2D eigenvalue weighted by molar-refractivity contribution is 6.19. The van der Waals surface area contributed by atoms with E-state index in [1.807, 2.05) is 55.5 Å². The van der Waals surface area contributed by atoms with Crippen LogP contribution < -0.4 is 4.90 Å². The van der Waals surface area contributed by atoms with Crippen LogP contribution in [-0.4, -0.2) is 79.1 Å². The highest BCUT2D eigenvalue weighted by Crippen LogP contribution is 2.46. The molecule has 7 rings (SSSR count). The lowest BCUT2D eigenvalue weighted by Crippen LogP contribution is -2.30. The van der Waals surface area contributed by atoms with Gasteiger partial charge in [-0.25, -0.2) is 9.67 Å². The Bertz CT molecular complexity index is 2160. The zero-order chi connectivity index (χ0) is 33.4. The van der Waals surface area contributed by atoms with Crippen LogP contribution in [0.1, 0.15) is 43.5 Å². The van der Waals surface area contributed by atoms with Crippen molar-refractivity contribution in [2.45, 2.75) is 25.8 Å². The first-order valence-corrected chi connectivity index (χ1v) is 16.2. The second-order valence-corrected chi connectivity index (χ2v) is 12.2. The van der Waals surface area contributed by atoms with Gasteiger partial charge >= 0.3 is 0 Å². The number of carbonyl (C=O) groups excluding carboxylic acids is 2. The predicted octanol–water partition coefficient (Wildman–Crippen LogP) is 5.41. The number of aliphatic hydroxyl groups excluding tert-OH is 1. The molecule has 0 radical (unpaired) electrons. The molecule has 3 heterocycles. The van der Waals surface area contributed by atoms with Gasteiger partial charge in [0.25, 0.3) is 5.91 Å². The van der Waals surface area contributed by atoms with Gasteiger partial charge in [-0.15, -0.1) is 16.7 Å². The molecule has 0 bridgehead atoms. The lowest BCUT2D eigenvalue weighted by molar-refractivity contribution is 0.0851. The average Bonchev–Trinajstić information content (AvgIpc) is 3.84. The number of fused-ring (bicyclic) bond motifs is 4. The number of nitrogens with one attached hydrogen (secondary N) is 1. The number of amides is 1. The summed E-state index contributed by atoms with van der Waals surface area (Å²) < 4.78 is 6.78. The van der Waals surface area contributed by atoms with Crippen LogP contribution in [0.2, 0.25) is 0 Å². The minimum Gasteiger partial charge on any atom is -0.507 e. The molecule has 1 aliphatic heterocycles. The number of rotatable bonds is 11. The first-order chi connectivity index (χ1) is 23.3. The van der Waals surface area contributed by atoms with Gasteiger partial charge in [-0.3, -0.25) is 9.59 Å². The molecule has 0 saturated heterocycles. The fraction of sp³-hybridized carbons (Fsp3) is 0.250. The molecular formula is C36H33ClN6O5. The number of ketones is 1. The van der Waals surface area contributed by atoms with Gasteiger partial charge in [-0.05, 0) is 47.2 Å². The van der Waals surface area contributed by atoms with E-state index in [4.69, 9.17) is 26.4 Å². The van der Waals surface area contributed by atoms with Crippen molar-refractivity contribution in [1.29, 1.82) is 0 Å². The maximum absolute atomic E-state index is 13.9. The summed E-state index contributed by atoms with van der Waals surface area (Å²) in [7, 11) is 0. The molecule has 11 nitrogen and oxygen atoms in total. The van der Waals surface area contributed by atoms with E-state index in [-0.39, 0.29) is 48.7 Å². The first kappa shape index (κ1) is 31.5. The Balaban J connectivity index is 1.07. The number of anilines is 1. The van der Waals surface area contributed by atoms with Crippen molar-refractivity contribution in [1.82, 2.24) is 25.0 Å². The van der Waals surface area contributed by atoms with Crippen molar-refractivity contribution in [3.05, 3.63) is 101 Å². The minimum atomic E-state index is -0.182. The fourth-order valence-electron chi connectivity index (χ4n) is 6.37. The van der Waals surface area contributed by atoms with Crippen molar-refractivity contribution in [3.8, 4) is 17.1 Å². The molecule has 0 saturated carbocycles. The summed E-state index contributed by atoms with van der Waals surface area (Å²) in [5, 5.41) is 29.3. The van der Waals surface area contributed by atoms with Gasteiger partial charge in [0, 0.05) is 47.3 Å². The number of nitrogens with zero attached hydrogens (tertiary/aromatic N) is 5. The molecular weight excluding hydrogens is 632 g/mol. The number of halogens is 1. The Morgan fingerprint density at radius 1 is 1.08 bits per heavy atom. The van der Waals surface area contributed by atoms with Crippen molar-refractivity contribution in [2.75, 3.05) is 37.1 Å². The van der Waals surface area contributed by atoms with Crippen molar-refractivity contribution < 1.29 is 24.5 Å². The van der Waals surface area contributed by atoms with Crippen LogP contribution in [0, 0.1) is 6.92 Å². The van der Waals surface area contributed by atoms with Crippen LogP contribution in [0.4, 0.5) is 5.69 Å². The van der Waals surface area contributed by atoms with Gasteiger partial charge in [0.15, 0.2) is 5.78 Å². The van der Waals surface area contributed by atoms with Crippen LogP contribution in [0.25, 0.3) is 33.2 Å². The van der Waals surface area contributed by atoms with Crippen LogP contribution in [0.15, 0.2) is 72.9 Å². The van der Waals surface area contributed by atoms with E-state index in [1.165, 1.54) is 0 Å². The van der Waals surface area contributed by atoms with E-state index in [1.54, 1.807) is 34.0 Å². The smallest absolute Gasteiger partial charge is 0.258 e. The average molecular weight is 665 g/mol. The lowest BCUT2D eigenvalue weighted by atomic mass is 9.92. The Hall–Kier alpha value is -5.10. The molecule has 1 atom stereocenters. The minimum absolute atomic E-state index is 0.0474. The maximum Gasteiger partial charge on any atom is 0.258 e. The Labute approximate surface area is 280 Å². The summed E-state index contributed by atoms with van der Waals surface area (Å²) in [6, 6.07) is 20.4. The van der Waals surface area contributed by atoms with E-state index in [0.717, 1.165) is 33.0 Å². The number of aromatic hydroxyl groups is 1. The molecule has 1 amide bonds.